The number of aryl methyl sites for hydroxylation is 1. The number of H-pyrrole nitrogens is 1. The van der Waals surface area contributed by atoms with Crippen LogP contribution in [0.1, 0.15) is 49.5 Å². The van der Waals surface area contributed by atoms with Gasteiger partial charge in [-0.25, -0.2) is 9.78 Å². The molecule has 2 aromatic heterocycles. The number of amides is 2. The number of carbonyl (C=O) groups excluding carboxylic acids is 2. The van der Waals surface area contributed by atoms with Gasteiger partial charge < -0.3 is 20.4 Å². The average molecular weight is 528 g/mol. The maximum absolute atomic E-state index is 13.5. The first kappa shape index (κ1) is 24.2. The van der Waals surface area contributed by atoms with Crippen LogP contribution in [0.3, 0.4) is 0 Å². The Hall–Kier alpha value is -2.91. The monoisotopic (exact) mass is 527 g/mol. The quantitative estimate of drug-likeness (QED) is 0.423. The van der Waals surface area contributed by atoms with E-state index >= 15 is 0 Å². The van der Waals surface area contributed by atoms with Crippen LogP contribution in [0.15, 0.2) is 41.1 Å². The molecule has 3 aromatic rings. The van der Waals surface area contributed by atoms with Gasteiger partial charge in [-0.15, -0.1) is 0 Å². The second-order valence-electron chi connectivity index (χ2n) is 9.55. The summed E-state index contributed by atoms with van der Waals surface area (Å²) >= 11 is 3.61. The molecule has 0 radical (unpaired) electrons. The van der Waals surface area contributed by atoms with E-state index in [2.05, 4.69) is 36.5 Å². The van der Waals surface area contributed by atoms with Crippen LogP contribution in [-0.4, -0.2) is 46.7 Å². The molecule has 1 saturated heterocycles. The molecular formula is C25H30BrN5O3. The number of aromatic amines is 1. The van der Waals surface area contributed by atoms with Gasteiger partial charge in [-0.2, -0.15) is 0 Å². The van der Waals surface area contributed by atoms with E-state index in [0.29, 0.717) is 39.0 Å². The van der Waals surface area contributed by atoms with E-state index in [4.69, 9.17) is 4.74 Å². The minimum atomic E-state index is -0.656. The maximum atomic E-state index is 13.5. The molecule has 8 nitrogen and oxygen atoms in total. The lowest BCUT2D eigenvalue weighted by Gasteiger charge is -2.36. The molecule has 1 atom stereocenters. The fourth-order valence-corrected chi connectivity index (χ4v) is 4.65. The second-order valence-corrected chi connectivity index (χ2v) is 10.4. The molecule has 0 aliphatic carbocycles. The van der Waals surface area contributed by atoms with Crippen molar-refractivity contribution in [1.82, 2.24) is 15.3 Å². The molecule has 180 valence electrons. The molecule has 1 aliphatic rings. The van der Waals surface area contributed by atoms with Crippen molar-refractivity contribution in [3.05, 3.63) is 52.3 Å². The Bertz CT molecular complexity index is 1210. The number of carbonyl (C=O) groups is 2. The summed E-state index contributed by atoms with van der Waals surface area (Å²) in [6.07, 6.45) is 4.70. The Balaban J connectivity index is 1.80. The van der Waals surface area contributed by atoms with Crippen LogP contribution < -0.4 is 15.5 Å². The fraction of sp³-hybridized carbons (Fsp3) is 0.400. The third kappa shape index (κ3) is 5.26. The summed E-state index contributed by atoms with van der Waals surface area (Å²) in [6, 6.07) is 7.29. The molecule has 0 unspecified atom stereocenters. The highest BCUT2D eigenvalue weighted by Gasteiger charge is 2.34. The Morgan fingerprint density at radius 2 is 2.09 bits per heavy atom. The zero-order valence-corrected chi connectivity index (χ0v) is 21.5. The molecule has 1 fully saturated rings. The van der Waals surface area contributed by atoms with Gasteiger partial charge in [0, 0.05) is 24.5 Å². The van der Waals surface area contributed by atoms with Crippen LogP contribution in [0.2, 0.25) is 0 Å². The molecule has 9 heteroatoms. The number of nitrogens with zero attached hydrogens (tertiary/aromatic N) is 2. The summed E-state index contributed by atoms with van der Waals surface area (Å²) in [4.78, 5) is 35.8. The first-order chi connectivity index (χ1) is 16.1. The number of benzene rings is 1. The SMILES string of the molecule is Cc1cccc(C(=O)Nc2c[nH]c3ncc(Br)c(N(C(=O)OC(C)(C)C)[C@@H]4CCCNC4)c23)c1. The number of aromatic nitrogens is 2. The number of hydrogen-bond donors (Lipinski definition) is 3. The normalized spacial score (nSPS) is 16.3. The Morgan fingerprint density at radius 1 is 1.29 bits per heavy atom. The molecule has 0 bridgehead atoms. The van der Waals surface area contributed by atoms with E-state index in [0.717, 1.165) is 24.9 Å². The smallest absolute Gasteiger partial charge is 0.415 e. The van der Waals surface area contributed by atoms with Crippen LogP contribution in [0.5, 0.6) is 0 Å². The van der Waals surface area contributed by atoms with E-state index in [9.17, 15) is 9.59 Å². The van der Waals surface area contributed by atoms with Gasteiger partial charge >= 0.3 is 6.09 Å². The van der Waals surface area contributed by atoms with Gasteiger partial charge in [0.05, 0.1) is 27.3 Å². The van der Waals surface area contributed by atoms with Crippen molar-refractivity contribution in [3.63, 3.8) is 0 Å². The van der Waals surface area contributed by atoms with Crippen LogP contribution in [0.4, 0.5) is 16.2 Å². The molecule has 4 rings (SSSR count). The molecule has 0 saturated carbocycles. The molecule has 1 aromatic carbocycles. The number of piperidine rings is 1. The summed E-state index contributed by atoms with van der Waals surface area (Å²) in [7, 11) is 0. The highest BCUT2D eigenvalue weighted by molar-refractivity contribution is 9.10. The number of hydrogen-bond acceptors (Lipinski definition) is 5. The van der Waals surface area contributed by atoms with E-state index in [1.54, 1.807) is 23.4 Å². The van der Waals surface area contributed by atoms with Crippen molar-refractivity contribution >= 4 is 50.3 Å². The lowest BCUT2D eigenvalue weighted by atomic mass is 10.0. The van der Waals surface area contributed by atoms with Crippen molar-refractivity contribution in [1.29, 1.82) is 0 Å². The number of nitrogens with one attached hydrogen (secondary N) is 3. The first-order valence-corrected chi connectivity index (χ1v) is 12.2. The predicted octanol–water partition coefficient (Wildman–Crippen LogP) is 5.38. The van der Waals surface area contributed by atoms with Gasteiger partial charge in [0.25, 0.3) is 5.91 Å². The lowest BCUT2D eigenvalue weighted by Crippen LogP contribution is -2.50. The lowest BCUT2D eigenvalue weighted by molar-refractivity contribution is 0.0560. The second kappa shape index (κ2) is 9.76. The number of anilines is 2. The van der Waals surface area contributed by atoms with Crippen LogP contribution >= 0.6 is 15.9 Å². The maximum Gasteiger partial charge on any atom is 0.415 e. The molecular weight excluding hydrogens is 498 g/mol. The number of ether oxygens (including phenoxy) is 1. The van der Waals surface area contributed by atoms with E-state index in [-0.39, 0.29) is 11.9 Å². The highest BCUT2D eigenvalue weighted by Crippen LogP contribution is 2.40. The minimum Gasteiger partial charge on any atom is -0.443 e. The fourth-order valence-electron chi connectivity index (χ4n) is 4.16. The van der Waals surface area contributed by atoms with Gasteiger partial charge in [0.2, 0.25) is 0 Å². The zero-order valence-electron chi connectivity index (χ0n) is 19.9. The van der Waals surface area contributed by atoms with Crippen molar-refractivity contribution in [2.24, 2.45) is 0 Å². The Kier molecular flexibility index (Phi) is 6.95. The van der Waals surface area contributed by atoms with Gasteiger partial charge in [-0.1, -0.05) is 17.7 Å². The minimum absolute atomic E-state index is 0.110. The van der Waals surface area contributed by atoms with E-state index in [1.165, 1.54) is 0 Å². The zero-order chi connectivity index (χ0) is 24.5. The van der Waals surface area contributed by atoms with E-state index in [1.807, 2.05) is 45.9 Å². The third-order valence-electron chi connectivity index (χ3n) is 5.62. The molecule has 34 heavy (non-hydrogen) atoms. The largest absolute Gasteiger partial charge is 0.443 e. The molecule has 1 aliphatic heterocycles. The Morgan fingerprint density at radius 3 is 2.76 bits per heavy atom. The van der Waals surface area contributed by atoms with Crippen molar-refractivity contribution in [2.75, 3.05) is 23.3 Å². The van der Waals surface area contributed by atoms with Gasteiger partial charge in [-0.3, -0.25) is 9.69 Å². The molecule has 3 heterocycles. The third-order valence-corrected chi connectivity index (χ3v) is 6.21. The van der Waals surface area contributed by atoms with Crippen molar-refractivity contribution in [3.8, 4) is 0 Å². The number of halogens is 1. The Labute approximate surface area is 207 Å². The number of pyridine rings is 1. The highest BCUT2D eigenvalue weighted by atomic mass is 79.9. The average Bonchev–Trinajstić information content (AvgIpc) is 3.17. The summed E-state index contributed by atoms with van der Waals surface area (Å²) in [5.41, 5.74) is 2.62. The van der Waals surface area contributed by atoms with Crippen molar-refractivity contribution < 1.29 is 14.3 Å². The summed E-state index contributed by atoms with van der Waals surface area (Å²) < 4.78 is 6.45. The van der Waals surface area contributed by atoms with Gasteiger partial charge in [0.1, 0.15) is 11.2 Å². The van der Waals surface area contributed by atoms with Crippen LogP contribution in [-0.2, 0) is 4.74 Å². The summed E-state index contributed by atoms with van der Waals surface area (Å²) in [6.45, 7) is 9.05. The summed E-state index contributed by atoms with van der Waals surface area (Å²) in [5, 5.41) is 7.02. The van der Waals surface area contributed by atoms with Gasteiger partial charge in [-0.05, 0) is 75.1 Å². The van der Waals surface area contributed by atoms with Crippen molar-refractivity contribution in [2.45, 2.75) is 52.2 Å². The number of rotatable bonds is 4. The molecule has 3 N–H and O–H groups in total. The topological polar surface area (TPSA) is 99.4 Å². The van der Waals surface area contributed by atoms with Crippen LogP contribution in [0.25, 0.3) is 11.0 Å². The number of fused-ring (bicyclic) bond motifs is 1. The van der Waals surface area contributed by atoms with Crippen LogP contribution in [0, 0.1) is 6.92 Å². The standard InChI is InChI=1S/C25H30BrN5O3/c1-15-7-5-8-16(11-15)23(32)30-19-14-29-22-20(19)21(18(26)13-28-22)31(17-9-6-10-27-12-17)24(33)34-25(2,3)4/h5,7-8,11,13-14,17,27H,6,9-10,12H2,1-4H3,(H,28,29)(H,30,32)/t17-/m1/s1. The molecule has 2 amide bonds. The van der Waals surface area contributed by atoms with Gasteiger partial charge in [0.15, 0.2) is 0 Å². The summed E-state index contributed by atoms with van der Waals surface area (Å²) in [5.74, 6) is -0.237. The van der Waals surface area contributed by atoms with E-state index < -0.39 is 11.7 Å². The molecule has 0 spiro atoms. The predicted molar refractivity (Wildman–Crippen MR) is 138 cm³/mol. The first-order valence-electron chi connectivity index (χ1n) is 11.4.